The van der Waals surface area contributed by atoms with Gasteiger partial charge in [0, 0.05) is 0 Å². The first-order chi connectivity index (χ1) is 10.2. The smallest absolute Gasteiger partial charge is 0.337 e. The van der Waals surface area contributed by atoms with Gasteiger partial charge in [-0.1, -0.05) is 0 Å². The molecule has 5 nitrogen and oxygen atoms in total. The summed E-state index contributed by atoms with van der Waals surface area (Å²) in [5, 5.41) is 10.0. The van der Waals surface area contributed by atoms with E-state index in [1.807, 2.05) is 0 Å². The number of ether oxygens (including phenoxy) is 2. The van der Waals surface area contributed by atoms with Crippen LogP contribution in [0.15, 0.2) is 24.3 Å². The average molecular weight is 294 g/mol. The summed E-state index contributed by atoms with van der Waals surface area (Å²) in [6.07, 6.45) is 3.34. The van der Waals surface area contributed by atoms with Gasteiger partial charge in [0.25, 0.3) is 0 Å². The summed E-state index contributed by atoms with van der Waals surface area (Å²) in [4.78, 5) is 12.8. The van der Waals surface area contributed by atoms with E-state index in [9.17, 15) is 9.90 Å². The van der Waals surface area contributed by atoms with Gasteiger partial charge in [0.05, 0.1) is 25.8 Å². The van der Waals surface area contributed by atoms with Crippen LogP contribution in [0.1, 0.15) is 29.6 Å². The van der Waals surface area contributed by atoms with Crippen LogP contribution in [0.3, 0.4) is 0 Å². The second kappa shape index (κ2) is 8.00. The largest absolute Gasteiger partial charge is 0.491 e. The highest BCUT2D eigenvalue weighted by atomic mass is 16.5. The summed E-state index contributed by atoms with van der Waals surface area (Å²) in [5.41, 5.74) is 0.489. The highest BCUT2D eigenvalue weighted by Gasteiger charge is 2.18. The molecular formula is C16H24NO4+. The van der Waals surface area contributed by atoms with Gasteiger partial charge in [-0.05, 0) is 43.5 Å². The predicted octanol–water partition coefficient (Wildman–Crippen LogP) is 0.282. The summed E-state index contributed by atoms with van der Waals surface area (Å²) in [5.74, 6) is 0.283. The molecular weight excluding hydrogens is 270 g/mol. The number of benzene rings is 1. The van der Waals surface area contributed by atoms with Crippen LogP contribution in [0.4, 0.5) is 0 Å². The van der Waals surface area contributed by atoms with Crippen molar-refractivity contribution in [1.29, 1.82) is 0 Å². The van der Waals surface area contributed by atoms with Crippen molar-refractivity contribution in [1.82, 2.24) is 0 Å². The number of nitrogens with one attached hydrogen (secondary N) is 1. The minimum Gasteiger partial charge on any atom is -0.491 e. The number of hydrogen-bond donors (Lipinski definition) is 2. The number of carbonyl (C=O) groups excluding carboxylic acids is 1. The molecule has 0 unspecified atom stereocenters. The predicted molar refractivity (Wildman–Crippen MR) is 78.7 cm³/mol. The van der Waals surface area contributed by atoms with E-state index in [0.29, 0.717) is 11.3 Å². The fraction of sp³-hybridized carbons (Fsp3) is 0.562. The summed E-state index contributed by atoms with van der Waals surface area (Å²) >= 11 is 0. The molecule has 1 heterocycles. The van der Waals surface area contributed by atoms with Crippen LogP contribution >= 0.6 is 0 Å². The fourth-order valence-corrected chi connectivity index (χ4v) is 2.65. The first kappa shape index (κ1) is 15.8. The van der Waals surface area contributed by atoms with E-state index < -0.39 is 6.10 Å². The van der Waals surface area contributed by atoms with Crippen LogP contribution < -0.4 is 9.64 Å². The van der Waals surface area contributed by atoms with E-state index in [2.05, 4.69) is 4.74 Å². The lowest BCUT2D eigenvalue weighted by molar-refractivity contribution is -0.908. The van der Waals surface area contributed by atoms with Gasteiger partial charge in [-0.3, -0.25) is 0 Å². The topological polar surface area (TPSA) is 60.2 Å². The molecule has 0 aromatic heterocycles. The second-order valence-electron chi connectivity index (χ2n) is 5.50. The zero-order valence-corrected chi connectivity index (χ0v) is 12.5. The van der Waals surface area contributed by atoms with Gasteiger partial charge in [-0.2, -0.15) is 0 Å². The van der Waals surface area contributed by atoms with Gasteiger partial charge in [0.15, 0.2) is 0 Å². The van der Waals surface area contributed by atoms with Crippen molar-refractivity contribution in [3.8, 4) is 5.75 Å². The molecule has 0 aliphatic carbocycles. The molecule has 2 N–H and O–H groups in total. The first-order valence-corrected chi connectivity index (χ1v) is 7.52. The molecule has 0 radical (unpaired) electrons. The standard InChI is InChI=1S/C16H23NO4/c1-20-16(19)13-5-7-15(8-6-13)21-12-14(18)11-17-9-3-2-4-10-17/h5-8,14,18H,2-4,9-12H2,1H3/p+1/t14-/m1/s1. The second-order valence-corrected chi connectivity index (χ2v) is 5.50. The molecule has 1 aliphatic rings. The number of aliphatic hydroxyl groups excluding tert-OH is 1. The van der Waals surface area contributed by atoms with Crippen molar-refractivity contribution in [2.75, 3.05) is 33.4 Å². The van der Waals surface area contributed by atoms with Crippen molar-refractivity contribution in [2.24, 2.45) is 0 Å². The first-order valence-electron chi connectivity index (χ1n) is 7.52. The Morgan fingerprint density at radius 3 is 2.52 bits per heavy atom. The summed E-state index contributed by atoms with van der Waals surface area (Å²) < 4.78 is 10.2. The molecule has 1 fully saturated rings. The van der Waals surface area contributed by atoms with Crippen LogP contribution in [0.5, 0.6) is 5.75 Å². The van der Waals surface area contributed by atoms with E-state index in [-0.39, 0.29) is 12.6 Å². The van der Waals surface area contributed by atoms with Crippen LogP contribution in [0.25, 0.3) is 0 Å². The van der Waals surface area contributed by atoms with Gasteiger partial charge in [-0.15, -0.1) is 0 Å². The SMILES string of the molecule is COC(=O)c1ccc(OC[C@H](O)C[NH+]2CCCCC2)cc1. The van der Waals surface area contributed by atoms with Crippen molar-refractivity contribution in [3.63, 3.8) is 0 Å². The average Bonchev–Trinajstić information content (AvgIpc) is 2.53. The van der Waals surface area contributed by atoms with Gasteiger partial charge in [-0.25, -0.2) is 4.79 Å². The molecule has 116 valence electrons. The monoisotopic (exact) mass is 294 g/mol. The Balaban J connectivity index is 1.75. The van der Waals surface area contributed by atoms with E-state index >= 15 is 0 Å². The molecule has 21 heavy (non-hydrogen) atoms. The lowest BCUT2D eigenvalue weighted by Crippen LogP contribution is -3.14. The van der Waals surface area contributed by atoms with Crippen molar-refractivity contribution in [2.45, 2.75) is 25.4 Å². The Bertz CT molecular complexity index is 440. The third-order valence-electron chi connectivity index (χ3n) is 3.80. The number of rotatable bonds is 6. The highest BCUT2D eigenvalue weighted by Crippen LogP contribution is 2.13. The maximum Gasteiger partial charge on any atom is 0.337 e. The van der Waals surface area contributed by atoms with Crippen LogP contribution in [0.2, 0.25) is 0 Å². The third-order valence-corrected chi connectivity index (χ3v) is 3.80. The van der Waals surface area contributed by atoms with Crippen LogP contribution in [-0.2, 0) is 4.74 Å². The number of quaternary nitrogens is 1. The quantitative estimate of drug-likeness (QED) is 0.740. The number of piperidine rings is 1. The lowest BCUT2D eigenvalue weighted by Gasteiger charge is -2.25. The van der Waals surface area contributed by atoms with E-state index in [0.717, 1.165) is 19.6 Å². The van der Waals surface area contributed by atoms with Gasteiger partial charge < -0.3 is 19.5 Å². The Hall–Kier alpha value is -1.59. The van der Waals surface area contributed by atoms with E-state index in [1.165, 1.54) is 31.3 Å². The van der Waals surface area contributed by atoms with Gasteiger partial charge >= 0.3 is 5.97 Å². The number of methoxy groups -OCH3 is 1. The zero-order valence-electron chi connectivity index (χ0n) is 12.5. The molecule has 0 bridgehead atoms. The molecule has 0 spiro atoms. The third kappa shape index (κ3) is 5.02. The number of esters is 1. The van der Waals surface area contributed by atoms with E-state index in [1.54, 1.807) is 24.3 Å². The molecule has 0 saturated carbocycles. The maximum absolute atomic E-state index is 11.3. The van der Waals surface area contributed by atoms with E-state index in [4.69, 9.17) is 4.74 Å². The van der Waals surface area contributed by atoms with Crippen molar-refractivity contribution in [3.05, 3.63) is 29.8 Å². The zero-order chi connectivity index (χ0) is 15.1. The lowest BCUT2D eigenvalue weighted by atomic mass is 10.1. The summed E-state index contributed by atoms with van der Waals surface area (Å²) in [6, 6.07) is 6.74. The molecule has 0 amide bonds. The number of likely N-dealkylation sites (tertiary alicyclic amines) is 1. The van der Waals surface area contributed by atoms with Gasteiger partial charge in [0.1, 0.15) is 25.0 Å². The van der Waals surface area contributed by atoms with Crippen molar-refractivity contribution < 1.29 is 24.3 Å². The molecule has 1 saturated heterocycles. The summed E-state index contributed by atoms with van der Waals surface area (Å²) in [6.45, 7) is 3.30. The molecule has 1 aromatic carbocycles. The number of hydrogen-bond acceptors (Lipinski definition) is 4. The Morgan fingerprint density at radius 2 is 1.90 bits per heavy atom. The Labute approximate surface area is 125 Å². The molecule has 5 heteroatoms. The van der Waals surface area contributed by atoms with Crippen LogP contribution in [0, 0.1) is 0 Å². The van der Waals surface area contributed by atoms with Crippen LogP contribution in [-0.4, -0.2) is 50.5 Å². The minimum absolute atomic E-state index is 0.279. The molecule has 1 aromatic rings. The number of aliphatic hydroxyl groups is 1. The number of carbonyl (C=O) groups is 1. The maximum atomic E-state index is 11.3. The molecule has 1 aliphatic heterocycles. The molecule has 2 rings (SSSR count). The fourth-order valence-electron chi connectivity index (χ4n) is 2.65. The van der Waals surface area contributed by atoms with Crippen molar-refractivity contribution >= 4 is 5.97 Å². The minimum atomic E-state index is -0.460. The van der Waals surface area contributed by atoms with Gasteiger partial charge in [0.2, 0.25) is 0 Å². The Morgan fingerprint density at radius 1 is 1.24 bits per heavy atom. The molecule has 1 atom stereocenters. The normalized spacial score (nSPS) is 17.2. The highest BCUT2D eigenvalue weighted by molar-refractivity contribution is 5.89. The summed E-state index contributed by atoms with van der Waals surface area (Å²) in [7, 11) is 1.35. The Kier molecular flexibility index (Phi) is 6.02.